The third kappa shape index (κ3) is 4.22. The molecule has 0 spiro atoms. The maximum atomic E-state index is 8.61. The predicted octanol–water partition coefficient (Wildman–Crippen LogP) is 2.95. The average Bonchev–Trinajstić information content (AvgIpc) is 2.85. The van der Waals surface area contributed by atoms with Gasteiger partial charge in [0.1, 0.15) is 0 Å². The minimum atomic E-state index is 0.257. The first kappa shape index (κ1) is 13.3. The van der Waals surface area contributed by atoms with E-state index in [0.717, 1.165) is 18.7 Å². The van der Waals surface area contributed by atoms with Gasteiger partial charge in [-0.15, -0.1) is 0 Å². The lowest BCUT2D eigenvalue weighted by atomic mass is 10.1. The van der Waals surface area contributed by atoms with E-state index in [9.17, 15) is 0 Å². The van der Waals surface area contributed by atoms with E-state index in [1.807, 2.05) is 25.1 Å². The molecule has 0 aliphatic rings. The van der Waals surface area contributed by atoms with E-state index in [4.69, 9.17) is 9.78 Å². The van der Waals surface area contributed by atoms with Gasteiger partial charge < -0.3 is 4.52 Å². The van der Waals surface area contributed by atoms with E-state index in [1.165, 1.54) is 5.56 Å². The first-order valence-electron chi connectivity index (χ1n) is 6.50. The Bertz CT molecular complexity index is 542. The first-order valence-corrected chi connectivity index (χ1v) is 6.50. The van der Waals surface area contributed by atoms with Crippen molar-refractivity contribution in [3.63, 3.8) is 0 Å². The van der Waals surface area contributed by atoms with E-state index in [-0.39, 0.29) is 5.92 Å². The summed E-state index contributed by atoms with van der Waals surface area (Å²) in [7, 11) is 0. The van der Waals surface area contributed by atoms with Gasteiger partial charge in [-0.25, -0.2) is 0 Å². The number of benzene rings is 1. The number of hydrogen-bond donors (Lipinski definition) is 0. The van der Waals surface area contributed by atoms with E-state index < -0.39 is 0 Å². The van der Waals surface area contributed by atoms with Crippen LogP contribution in [0.4, 0.5) is 0 Å². The molecule has 1 aromatic carbocycles. The zero-order chi connectivity index (χ0) is 13.5. The minimum Gasteiger partial charge on any atom is -0.339 e. The Morgan fingerprint density at radius 1 is 1.26 bits per heavy atom. The van der Waals surface area contributed by atoms with Gasteiger partial charge in [-0.05, 0) is 17.9 Å². The Labute approximate surface area is 113 Å². The van der Waals surface area contributed by atoms with E-state index >= 15 is 0 Å². The predicted molar refractivity (Wildman–Crippen MR) is 71.2 cm³/mol. The molecular formula is C15H17N3O. The van der Waals surface area contributed by atoms with Crippen LogP contribution in [0.25, 0.3) is 0 Å². The summed E-state index contributed by atoms with van der Waals surface area (Å²) in [6, 6.07) is 12.4. The molecule has 2 rings (SSSR count). The third-order valence-electron chi connectivity index (χ3n) is 2.95. The summed E-state index contributed by atoms with van der Waals surface area (Å²) < 4.78 is 5.20. The van der Waals surface area contributed by atoms with Crippen molar-refractivity contribution in [2.75, 3.05) is 0 Å². The van der Waals surface area contributed by atoms with E-state index in [1.54, 1.807) is 0 Å². The molecule has 4 nitrogen and oxygen atoms in total. The molecule has 0 fully saturated rings. The fourth-order valence-electron chi connectivity index (χ4n) is 1.90. The van der Waals surface area contributed by atoms with E-state index in [2.05, 4.69) is 28.3 Å². The van der Waals surface area contributed by atoms with Gasteiger partial charge in [-0.1, -0.05) is 42.4 Å². The fourth-order valence-corrected chi connectivity index (χ4v) is 1.90. The Balaban J connectivity index is 1.86. The minimum absolute atomic E-state index is 0.257. The molecule has 0 amide bonds. The summed E-state index contributed by atoms with van der Waals surface area (Å²) in [4.78, 5) is 4.36. The van der Waals surface area contributed by atoms with Crippen LogP contribution >= 0.6 is 0 Å². The normalized spacial score (nSPS) is 12.0. The van der Waals surface area contributed by atoms with Crippen molar-refractivity contribution in [2.45, 2.75) is 32.6 Å². The number of nitriles is 1. The molecule has 19 heavy (non-hydrogen) atoms. The standard InChI is InChI=1S/C15H17N3O/c1-12(9-10-16)11-15-17-14(18-19-15)8-7-13-5-3-2-4-6-13/h2-6,12H,7-9,11H2,1H3. The molecule has 0 radical (unpaired) electrons. The lowest BCUT2D eigenvalue weighted by Gasteiger charge is -2.00. The second-order valence-corrected chi connectivity index (χ2v) is 4.76. The summed E-state index contributed by atoms with van der Waals surface area (Å²) in [6.07, 6.45) is 2.88. The van der Waals surface area contributed by atoms with Crippen molar-refractivity contribution >= 4 is 0 Å². The molecule has 1 unspecified atom stereocenters. The topological polar surface area (TPSA) is 62.7 Å². The second-order valence-electron chi connectivity index (χ2n) is 4.76. The molecule has 4 heteroatoms. The van der Waals surface area contributed by atoms with Crippen LogP contribution in [0.1, 0.15) is 30.6 Å². The lowest BCUT2D eigenvalue weighted by molar-refractivity contribution is 0.355. The van der Waals surface area contributed by atoms with Crippen LogP contribution in [0.2, 0.25) is 0 Å². The zero-order valence-electron chi connectivity index (χ0n) is 11.0. The molecule has 98 valence electrons. The van der Waals surface area contributed by atoms with Crippen molar-refractivity contribution in [3.05, 3.63) is 47.6 Å². The molecule has 0 saturated carbocycles. The van der Waals surface area contributed by atoms with Crippen molar-refractivity contribution in [2.24, 2.45) is 5.92 Å². The van der Waals surface area contributed by atoms with Gasteiger partial charge >= 0.3 is 0 Å². The van der Waals surface area contributed by atoms with Crippen LogP contribution in [-0.2, 0) is 19.3 Å². The smallest absolute Gasteiger partial charge is 0.226 e. The Morgan fingerprint density at radius 2 is 2.05 bits per heavy atom. The number of aromatic nitrogens is 2. The molecule has 2 aromatic rings. The molecule has 0 aliphatic heterocycles. The summed E-state index contributed by atoms with van der Waals surface area (Å²) in [5.74, 6) is 1.63. The highest BCUT2D eigenvalue weighted by Crippen LogP contribution is 2.11. The van der Waals surface area contributed by atoms with Crippen LogP contribution in [0, 0.1) is 17.2 Å². The fraction of sp³-hybridized carbons (Fsp3) is 0.400. The molecule has 0 aliphatic carbocycles. The number of nitrogens with zero attached hydrogens (tertiary/aromatic N) is 3. The van der Waals surface area contributed by atoms with Crippen molar-refractivity contribution in [1.82, 2.24) is 10.1 Å². The van der Waals surface area contributed by atoms with Gasteiger partial charge in [-0.3, -0.25) is 0 Å². The molecular weight excluding hydrogens is 238 g/mol. The summed E-state index contributed by atoms with van der Waals surface area (Å²) in [5.41, 5.74) is 1.27. The van der Waals surface area contributed by atoms with Crippen LogP contribution in [0.15, 0.2) is 34.9 Å². The van der Waals surface area contributed by atoms with Crippen LogP contribution in [0.5, 0.6) is 0 Å². The lowest BCUT2D eigenvalue weighted by Crippen LogP contribution is -1.99. The summed E-state index contributed by atoms with van der Waals surface area (Å²) in [6.45, 7) is 2.01. The van der Waals surface area contributed by atoms with Crippen molar-refractivity contribution < 1.29 is 4.52 Å². The number of aryl methyl sites for hydroxylation is 2. The molecule has 0 saturated heterocycles. The van der Waals surface area contributed by atoms with Gasteiger partial charge in [0.05, 0.1) is 6.07 Å². The highest BCUT2D eigenvalue weighted by atomic mass is 16.5. The Morgan fingerprint density at radius 3 is 2.79 bits per heavy atom. The van der Waals surface area contributed by atoms with Crippen molar-refractivity contribution in [3.8, 4) is 6.07 Å². The number of hydrogen-bond acceptors (Lipinski definition) is 4. The SMILES string of the molecule is CC(CC#N)Cc1nc(CCc2ccccc2)no1. The van der Waals surface area contributed by atoms with Crippen molar-refractivity contribution in [1.29, 1.82) is 5.26 Å². The molecule has 0 bridgehead atoms. The maximum Gasteiger partial charge on any atom is 0.226 e. The monoisotopic (exact) mass is 255 g/mol. The average molecular weight is 255 g/mol. The zero-order valence-corrected chi connectivity index (χ0v) is 11.0. The largest absolute Gasteiger partial charge is 0.339 e. The Hall–Kier alpha value is -2.15. The highest BCUT2D eigenvalue weighted by molar-refractivity contribution is 5.15. The molecule has 0 N–H and O–H groups in total. The highest BCUT2D eigenvalue weighted by Gasteiger charge is 2.10. The van der Waals surface area contributed by atoms with E-state index in [0.29, 0.717) is 18.7 Å². The first-order chi connectivity index (χ1) is 9.28. The van der Waals surface area contributed by atoms with Gasteiger partial charge in [0.25, 0.3) is 0 Å². The van der Waals surface area contributed by atoms with Crippen LogP contribution < -0.4 is 0 Å². The third-order valence-corrected chi connectivity index (χ3v) is 2.95. The number of rotatable bonds is 6. The maximum absolute atomic E-state index is 8.61. The molecule has 1 heterocycles. The summed E-state index contributed by atoms with van der Waals surface area (Å²) in [5, 5.41) is 12.6. The quantitative estimate of drug-likeness (QED) is 0.796. The summed E-state index contributed by atoms with van der Waals surface area (Å²) >= 11 is 0. The van der Waals surface area contributed by atoms with Gasteiger partial charge in [0.2, 0.25) is 5.89 Å². The van der Waals surface area contributed by atoms with Gasteiger partial charge in [-0.2, -0.15) is 10.2 Å². The Kier molecular flexibility index (Phi) is 4.68. The van der Waals surface area contributed by atoms with Gasteiger partial charge in [0.15, 0.2) is 5.82 Å². The molecule has 1 atom stereocenters. The second kappa shape index (κ2) is 6.69. The molecule has 1 aromatic heterocycles. The van der Waals surface area contributed by atoms with Crippen LogP contribution in [0.3, 0.4) is 0 Å². The van der Waals surface area contributed by atoms with Gasteiger partial charge in [0, 0.05) is 19.3 Å². The van der Waals surface area contributed by atoms with Crippen LogP contribution in [-0.4, -0.2) is 10.1 Å².